The van der Waals surface area contributed by atoms with E-state index >= 15 is 0 Å². The van der Waals surface area contributed by atoms with Crippen LogP contribution in [0.2, 0.25) is 0 Å². The number of aromatic nitrogens is 1. The van der Waals surface area contributed by atoms with Gasteiger partial charge in [-0.3, -0.25) is 0 Å². The molecule has 0 saturated carbocycles. The van der Waals surface area contributed by atoms with E-state index in [4.69, 9.17) is 0 Å². The van der Waals surface area contributed by atoms with Crippen molar-refractivity contribution in [1.82, 2.24) is 0 Å². The van der Waals surface area contributed by atoms with E-state index in [-0.39, 0.29) is 0 Å². The minimum absolute atomic E-state index is 1.22. The fourth-order valence-corrected chi connectivity index (χ4v) is 3.96. The third-order valence-corrected chi connectivity index (χ3v) is 5.44. The molecule has 0 N–H and O–H groups in total. The van der Waals surface area contributed by atoms with Crippen LogP contribution in [-0.2, 0) is 7.05 Å². The molecule has 4 aromatic carbocycles. The van der Waals surface area contributed by atoms with Gasteiger partial charge in [-0.25, -0.2) is 4.57 Å². The van der Waals surface area contributed by atoms with Gasteiger partial charge < -0.3 is 0 Å². The Balaban J connectivity index is 1.74. The fraction of sp³-hybridized carbons (Fsp3) is 0.0357. The Labute approximate surface area is 171 Å². The minimum atomic E-state index is 1.22. The van der Waals surface area contributed by atoms with Crippen molar-refractivity contribution >= 4 is 10.9 Å². The highest BCUT2D eigenvalue weighted by Crippen LogP contribution is 2.33. The van der Waals surface area contributed by atoms with Gasteiger partial charge in [-0.1, -0.05) is 72.8 Å². The molecule has 29 heavy (non-hydrogen) atoms. The molecule has 1 heterocycles. The molecule has 0 radical (unpaired) electrons. The largest absolute Gasteiger partial charge is 0.212 e. The average Bonchev–Trinajstić information content (AvgIpc) is 2.80. The molecule has 0 fully saturated rings. The van der Waals surface area contributed by atoms with E-state index < -0.39 is 0 Å². The standard InChI is InChI=1S/C28H22N/c1-29-20-27(16-23-14-8-9-15-28(23)29)26-18-24(21-10-4-2-5-11-21)17-25(19-26)22-12-6-3-7-13-22/h2-20H,1H3/q+1. The Bertz CT molecular complexity index is 1230. The molecule has 0 amide bonds. The molecule has 0 bridgehead atoms. The fourth-order valence-electron chi connectivity index (χ4n) is 3.96. The van der Waals surface area contributed by atoms with Crippen LogP contribution < -0.4 is 4.57 Å². The molecule has 5 rings (SSSR count). The molecule has 0 aliphatic rings. The lowest BCUT2D eigenvalue weighted by atomic mass is 9.93. The van der Waals surface area contributed by atoms with E-state index in [1.807, 2.05) is 0 Å². The molecule has 0 aliphatic heterocycles. The third kappa shape index (κ3) is 3.43. The van der Waals surface area contributed by atoms with Crippen molar-refractivity contribution in [2.75, 3.05) is 0 Å². The van der Waals surface area contributed by atoms with Crippen LogP contribution in [-0.4, -0.2) is 0 Å². The zero-order valence-corrected chi connectivity index (χ0v) is 16.4. The predicted molar refractivity (Wildman–Crippen MR) is 121 cm³/mol. The molecule has 0 atom stereocenters. The highest BCUT2D eigenvalue weighted by Gasteiger charge is 2.12. The second-order valence-electron chi connectivity index (χ2n) is 7.43. The Morgan fingerprint density at radius 2 is 0.931 bits per heavy atom. The molecule has 1 heteroatoms. The number of para-hydroxylation sites is 1. The molecular formula is C28H22N+. The van der Waals surface area contributed by atoms with Crippen LogP contribution in [0.15, 0.2) is 115 Å². The summed E-state index contributed by atoms with van der Waals surface area (Å²) in [5.41, 5.74) is 8.62. The van der Waals surface area contributed by atoms with E-state index in [9.17, 15) is 0 Å². The Morgan fingerprint density at radius 3 is 1.52 bits per heavy atom. The van der Waals surface area contributed by atoms with Crippen LogP contribution in [0.25, 0.3) is 44.3 Å². The lowest BCUT2D eigenvalue weighted by Gasteiger charge is -2.11. The smallest absolute Gasteiger partial charge is 0.200 e. The molecule has 1 aromatic heterocycles. The number of benzene rings is 4. The van der Waals surface area contributed by atoms with Crippen molar-refractivity contribution in [3.05, 3.63) is 115 Å². The van der Waals surface area contributed by atoms with E-state index in [1.165, 1.54) is 44.3 Å². The first-order chi connectivity index (χ1) is 14.3. The second-order valence-corrected chi connectivity index (χ2v) is 7.43. The van der Waals surface area contributed by atoms with Gasteiger partial charge in [0.05, 0.1) is 0 Å². The zero-order valence-electron chi connectivity index (χ0n) is 16.4. The number of nitrogens with zero attached hydrogens (tertiary/aromatic N) is 1. The van der Waals surface area contributed by atoms with Gasteiger partial charge in [0, 0.05) is 17.0 Å². The van der Waals surface area contributed by atoms with Gasteiger partial charge in [-0.05, 0) is 58.1 Å². The van der Waals surface area contributed by atoms with E-state index in [2.05, 4.69) is 127 Å². The normalized spacial score (nSPS) is 10.9. The summed E-state index contributed by atoms with van der Waals surface area (Å²) in [6.45, 7) is 0. The first-order valence-corrected chi connectivity index (χ1v) is 9.93. The van der Waals surface area contributed by atoms with Crippen LogP contribution in [0.1, 0.15) is 0 Å². The highest BCUT2D eigenvalue weighted by atomic mass is 14.9. The van der Waals surface area contributed by atoms with Crippen LogP contribution in [0.4, 0.5) is 0 Å². The maximum Gasteiger partial charge on any atom is 0.212 e. The Hall–Kier alpha value is -3.71. The Morgan fingerprint density at radius 1 is 0.448 bits per heavy atom. The van der Waals surface area contributed by atoms with E-state index in [0.717, 1.165) is 0 Å². The lowest BCUT2D eigenvalue weighted by molar-refractivity contribution is -0.644. The second kappa shape index (κ2) is 7.37. The van der Waals surface area contributed by atoms with Gasteiger partial charge in [0.25, 0.3) is 0 Å². The number of pyridine rings is 1. The topological polar surface area (TPSA) is 3.88 Å². The maximum atomic E-state index is 2.30. The van der Waals surface area contributed by atoms with Crippen molar-refractivity contribution in [2.45, 2.75) is 0 Å². The van der Waals surface area contributed by atoms with Crippen molar-refractivity contribution < 1.29 is 4.57 Å². The average molecular weight is 372 g/mol. The van der Waals surface area contributed by atoms with E-state index in [0.29, 0.717) is 0 Å². The van der Waals surface area contributed by atoms with Crippen molar-refractivity contribution in [3.63, 3.8) is 0 Å². The third-order valence-electron chi connectivity index (χ3n) is 5.44. The monoisotopic (exact) mass is 372 g/mol. The van der Waals surface area contributed by atoms with Crippen molar-refractivity contribution in [3.8, 4) is 33.4 Å². The van der Waals surface area contributed by atoms with Crippen molar-refractivity contribution in [2.24, 2.45) is 7.05 Å². The number of hydrogen-bond acceptors (Lipinski definition) is 0. The van der Waals surface area contributed by atoms with Crippen LogP contribution in [0, 0.1) is 0 Å². The molecule has 0 saturated heterocycles. The summed E-state index contributed by atoms with van der Waals surface area (Å²) < 4.78 is 2.21. The molecule has 138 valence electrons. The molecule has 0 unspecified atom stereocenters. The quantitative estimate of drug-likeness (QED) is 0.312. The molecule has 5 aromatic rings. The first kappa shape index (κ1) is 17.4. The van der Waals surface area contributed by atoms with Gasteiger partial charge >= 0.3 is 0 Å². The Kier molecular flexibility index (Phi) is 4.42. The van der Waals surface area contributed by atoms with E-state index in [1.54, 1.807) is 0 Å². The summed E-state index contributed by atoms with van der Waals surface area (Å²) >= 11 is 0. The summed E-state index contributed by atoms with van der Waals surface area (Å²) in [5.74, 6) is 0. The number of hydrogen-bond donors (Lipinski definition) is 0. The maximum absolute atomic E-state index is 2.30. The number of fused-ring (bicyclic) bond motifs is 1. The van der Waals surface area contributed by atoms with Gasteiger partial charge in [-0.2, -0.15) is 0 Å². The lowest BCUT2D eigenvalue weighted by Crippen LogP contribution is -2.28. The summed E-state index contributed by atoms with van der Waals surface area (Å²) in [4.78, 5) is 0. The number of rotatable bonds is 3. The zero-order chi connectivity index (χ0) is 19.6. The van der Waals surface area contributed by atoms with Crippen LogP contribution in [0.3, 0.4) is 0 Å². The molecule has 1 nitrogen and oxygen atoms in total. The molecule has 0 aliphatic carbocycles. The van der Waals surface area contributed by atoms with Gasteiger partial charge in [0.15, 0.2) is 6.20 Å². The summed E-state index contributed by atoms with van der Waals surface area (Å²) in [6.07, 6.45) is 2.22. The molecule has 0 spiro atoms. The van der Waals surface area contributed by atoms with Gasteiger partial charge in [-0.15, -0.1) is 0 Å². The number of aryl methyl sites for hydroxylation is 1. The predicted octanol–water partition coefficient (Wildman–Crippen LogP) is 6.67. The van der Waals surface area contributed by atoms with Crippen LogP contribution in [0.5, 0.6) is 0 Å². The molecular weight excluding hydrogens is 350 g/mol. The van der Waals surface area contributed by atoms with Crippen LogP contribution >= 0.6 is 0 Å². The highest BCUT2D eigenvalue weighted by molar-refractivity contribution is 5.85. The SMILES string of the molecule is C[n+]1cc(-c2cc(-c3ccccc3)cc(-c3ccccc3)c2)cc2ccccc21. The summed E-state index contributed by atoms with van der Waals surface area (Å²) in [6, 6.07) is 38.9. The van der Waals surface area contributed by atoms with Gasteiger partial charge in [0.2, 0.25) is 5.52 Å². The summed E-state index contributed by atoms with van der Waals surface area (Å²) in [5, 5.41) is 1.25. The summed E-state index contributed by atoms with van der Waals surface area (Å²) in [7, 11) is 2.12. The van der Waals surface area contributed by atoms with Crippen molar-refractivity contribution in [1.29, 1.82) is 0 Å². The minimum Gasteiger partial charge on any atom is -0.200 e. The first-order valence-electron chi connectivity index (χ1n) is 9.93. The van der Waals surface area contributed by atoms with Gasteiger partial charge in [0.1, 0.15) is 7.05 Å².